The number of nitriles is 1. The highest BCUT2D eigenvalue weighted by atomic mass is 16.2. The second-order valence-corrected chi connectivity index (χ2v) is 7.13. The van der Waals surface area contributed by atoms with E-state index in [0.717, 1.165) is 37.0 Å². The number of fused-ring (bicyclic) bond motifs is 1. The van der Waals surface area contributed by atoms with Crippen LogP contribution in [-0.2, 0) is 16.1 Å². The average Bonchev–Trinajstić information content (AvgIpc) is 2.98. The lowest BCUT2D eigenvalue weighted by Gasteiger charge is -2.30. The highest BCUT2D eigenvalue weighted by Gasteiger charge is 2.39. The van der Waals surface area contributed by atoms with Crippen LogP contribution in [0.2, 0.25) is 12.6 Å². The molecule has 3 amide bonds. The molecule has 2 saturated heterocycles. The minimum absolute atomic E-state index is 0.130. The molecule has 1 N–H and O–H groups in total. The van der Waals surface area contributed by atoms with Crippen LogP contribution in [0.5, 0.6) is 0 Å². The molecule has 3 aliphatic heterocycles. The number of imide groups is 1. The first kappa shape index (κ1) is 16.6. The lowest BCUT2D eigenvalue weighted by Crippen LogP contribution is -2.52. The van der Waals surface area contributed by atoms with Gasteiger partial charge in [0.05, 0.1) is 0 Å². The lowest BCUT2D eigenvalue weighted by atomic mass is 9.45. The van der Waals surface area contributed by atoms with E-state index in [1.807, 2.05) is 18.2 Å². The van der Waals surface area contributed by atoms with Crippen LogP contribution < -0.4 is 10.2 Å². The summed E-state index contributed by atoms with van der Waals surface area (Å²) in [6.45, 7) is 2.19. The van der Waals surface area contributed by atoms with Crippen LogP contribution in [0.1, 0.15) is 28.8 Å². The summed E-state index contributed by atoms with van der Waals surface area (Å²) >= 11 is 0. The van der Waals surface area contributed by atoms with Crippen LogP contribution in [0.4, 0.5) is 5.69 Å². The van der Waals surface area contributed by atoms with Crippen molar-refractivity contribution in [2.24, 2.45) is 0 Å². The number of hydrogen-bond acceptors (Lipinski definition) is 5. The molecule has 8 heteroatoms. The molecule has 0 bridgehead atoms. The number of carbonyl (C=O) groups is 3. The topological polar surface area (TPSA) is 93.5 Å². The number of piperidine rings is 1. The molecule has 4 rings (SSSR count). The Balaban J connectivity index is 1.51. The van der Waals surface area contributed by atoms with Crippen LogP contribution in [-0.4, -0.2) is 48.5 Å². The smallest absolute Gasteiger partial charge is 0.271 e. The quantitative estimate of drug-likeness (QED) is 0.630. The summed E-state index contributed by atoms with van der Waals surface area (Å²) < 4.78 is 0. The SMILES string of the molecule is N#CB1CCN(c2ccc3c(c2)CN(C2CCC(=O)NC2=O)C3=O)CC1. The van der Waals surface area contributed by atoms with Gasteiger partial charge in [0.1, 0.15) is 6.04 Å². The number of rotatable bonds is 2. The number of carbonyl (C=O) groups excluding carboxylic acids is 3. The first-order valence-corrected chi connectivity index (χ1v) is 8.99. The molecule has 132 valence electrons. The molecule has 2 fully saturated rings. The van der Waals surface area contributed by atoms with Crippen LogP contribution in [0.25, 0.3) is 0 Å². The Hall–Kier alpha value is -2.82. The molecule has 7 nitrogen and oxygen atoms in total. The molecule has 1 unspecified atom stereocenters. The number of benzene rings is 1. The van der Waals surface area contributed by atoms with Gasteiger partial charge in [-0.25, -0.2) is 5.26 Å². The molecular weight excluding hydrogens is 331 g/mol. The highest BCUT2D eigenvalue weighted by molar-refractivity contribution is 6.67. The zero-order valence-corrected chi connectivity index (χ0v) is 14.4. The van der Waals surface area contributed by atoms with Gasteiger partial charge < -0.3 is 9.80 Å². The Morgan fingerprint density at radius 1 is 1.19 bits per heavy atom. The van der Waals surface area contributed by atoms with Gasteiger partial charge >= 0.3 is 0 Å². The van der Waals surface area contributed by atoms with Crippen molar-refractivity contribution in [3.05, 3.63) is 29.3 Å². The van der Waals surface area contributed by atoms with Crippen molar-refractivity contribution in [3.63, 3.8) is 0 Å². The molecule has 0 radical (unpaired) electrons. The largest absolute Gasteiger partial charge is 0.373 e. The zero-order chi connectivity index (χ0) is 18.3. The van der Waals surface area contributed by atoms with Crippen LogP contribution >= 0.6 is 0 Å². The number of hydrogen-bond donors (Lipinski definition) is 1. The number of anilines is 1. The van der Waals surface area contributed by atoms with Crippen molar-refractivity contribution >= 4 is 30.1 Å². The Morgan fingerprint density at radius 3 is 2.65 bits per heavy atom. The standard InChI is InChI=1S/C18H19BN4O3/c20-11-19-5-7-22(8-6-19)13-1-2-14-12(9-13)10-23(18(14)26)15-3-4-16(24)21-17(15)25/h1-2,9,15H,3-8,10H2,(H,21,24,25). The summed E-state index contributed by atoms with van der Waals surface area (Å²) in [5.41, 5.74) is 2.60. The van der Waals surface area contributed by atoms with Crippen LogP contribution in [0.3, 0.4) is 0 Å². The van der Waals surface area contributed by atoms with Gasteiger partial charge in [0.2, 0.25) is 11.8 Å². The summed E-state index contributed by atoms with van der Waals surface area (Å²) in [4.78, 5) is 40.0. The molecule has 0 aromatic heterocycles. The Labute approximate surface area is 152 Å². The fourth-order valence-electron chi connectivity index (χ4n) is 4.02. The van der Waals surface area contributed by atoms with E-state index in [1.165, 1.54) is 0 Å². The molecular formula is C18H19BN4O3. The molecule has 0 spiro atoms. The molecule has 1 atom stereocenters. The maximum atomic E-state index is 12.7. The minimum Gasteiger partial charge on any atom is -0.373 e. The fourth-order valence-corrected chi connectivity index (χ4v) is 4.02. The van der Waals surface area contributed by atoms with Crippen molar-refractivity contribution in [3.8, 4) is 5.97 Å². The monoisotopic (exact) mass is 350 g/mol. The maximum Gasteiger partial charge on any atom is 0.271 e. The van der Waals surface area contributed by atoms with E-state index in [4.69, 9.17) is 5.26 Å². The summed E-state index contributed by atoms with van der Waals surface area (Å²) in [6, 6.07) is 5.21. The third-order valence-electron chi connectivity index (χ3n) is 5.55. The summed E-state index contributed by atoms with van der Waals surface area (Å²) in [5.74, 6) is 1.52. The highest BCUT2D eigenvalue weighted by Crippen LogP contribution is 2.31. The van der Waals surface area contributed by atoms with E-state index in [1.54, 1.807) is 4.90 Å². The fraction of sp³-hybridized carbons (Fsp3) is 0.444. The number of nitrogens with one attached hydrogen (secondary N) is 1. The van der Waals surface area contributed by atoms with Gasteiger partial charge in [0.25, 0.3) is 12.6 Å². The number of amides is 3. The molecule has 3 heterocycles. The van der Waals surface area contributed by atoms with Gasteiger partial charge in [0, 0.05) is 43.3 Å². The predicted octanol–water partition coefficient (Wildman–Crippen LogP) is 0.825. The van der Waals surface area contributed by atoms with Crippen molar-refractivity contribution in [1.29, 1.82) is 5.26 Å². The summed E-state index contributed by atoms with van der Waals surface area (Å²) in [5, 5.41) is 11.3. The molecule has 1 aromatic carbocycles. The minimum atomic E-state index is -0.581. The van der Waals surface area contributed by atoms with Crippen molar-refractivity contribution in [2.45, 2.75) is 38.1 Å². The maximum absolute atomic E-state index is 12.7. The van der Waals surface area contributed by atoms with Gasteiger partial charge in [-0.3, -0.25) is 19.7 Å². The van der Waals surface area contributed by atoms with Crippen molar-refractivity contribution in [1.82, 2.24) is 10.2 Å². The van der Waals surface area contributed by atoms with Gasteiger partial charge in [-0.1, -0.05) is 0 Å². The van der Waals surface area contributed by atoms with Gasteiger partial charge in [-0.15, -0.1) is 0 Å². The number of nitrogens with zero attached hydrogens (tertiary/aromatic N) is 3. The second-order valence-electron chi connectivity index (χ2n) is 7.13. The van der Waals surface area contributed by atoms with E-state index in [9.17, 15) is 14.4 Å². The molecule has 3 aliphatic rings. The second kappa shape index (κ2) is 6.48. The first-order valence-electron chi connectivity index (χ1n) is 8.99. The molecule has 0 saturated carbocycles. The third-order valence-corrected chi connectivity index (χ3v) is 5.55. The Morgan fingerprint density at radius 2 is 1.96 bits per heavy atom. The van der Waals surface area contributed by atoms with Gasteiger partial charge in [-0.05, 0) is 42.8 Å². The average molecular weight is 350 g/mol. The van der Waals surface area contributed by atoms with Gasteiger partial charge in [0.15, 0.2) is 0 Å². The van der Waals surface area contributed by atoms with E-state index in [0.29, 0.717) is 18.5 Å². The third kappa shape index (κ3) is 2.83. The van der Waals surface area contributed by atoms with E-state index in [2.05, 4.69) is 16.2 Å². The summed E-state index contributed by atoms with van der Waals surface area (Å²) in [7, 11) is 0. The lowest BCUT2D eigenvalue weighted by molar-refractivity contribution is -0.136. The summed E-state index contributed by atoms with van der Waals surface area (Å²) in [6.07, 6.45) is 2.35. The van der Waals surface area contributed by atoms with E-state index >= 15 is 0 Å². The van der Waals surface area contributed by atoms with Gasteiger partial charge in [-0.2, -0.15) is 0 Å². The molecule has 0 aliphatic carbocycles. The van der Waals surface area contributed by atoms with Crippen LogP contribution in [0, 0.1) is 11.2 Å². The van der Waals surface area contributed by atoms with Crippen molar-refractivity contribution < 1.29 is 14.4 Å². The molecule has 1 aromatic rings. The Kier molecular flexibility index (Phi) is 4.15. The first-order chi connectivity index (χ1) is 12.6. The van der Waals surface area contributed by atoms with Crippen LogP contribution in [0.15, 0.2) is 18.2 Å². The van der Waals surface area contributed by atoms with E-state index < -0.39 is 6.04 Å². The molecule has 26 heavy (non-hydrogen) atoms. The predicted molar refractivity (Wildman–Crippen MR) is 95.7 cm³/mol. The normalized spacial score (nSPS) is 23.0. The Bertz CT molecular complexity index is 826. The van der Waals surface area contributed by atoms with Crippen molar-refractivity contribution in [2.75, 3.05) is 18.0 Å². The van der Waals surface area contributed by atoms with E-state index in [-0.39, 0.29) is 30.9 Å². The zero-order valence-electron chi connectivity index (χ0n) is 14.4.